The van der Waals surface area contributed by atoms with Gasteiger partial charge in [0.25, 0.3) is 5.91 Å². The van der Waals surface area contributed by atoms with Crippen LogP contribution in [0.2, 0.25) is 0 Å². The molecule has 0 heterocycles. The fourth-order valence-electron chi connectivity index (χ4n) is 2.08. The lowest BCUT2D eigenvalue weighted by Gasteiger charge is -2.21. The summed E-state index contributed by atoms with van der Waals surface area (Å²) in [5.74, 6) is -0.00330. The van der Waals surface area contributed by atoms with Crippen molar-refractivity contribution in [1.82, 2.24) is 0 Å². The van der Waals surface area contributed by atoms with E-state index in [0.717, 1.165) is 11.1 Å². The highest BCUT2D eigenvalue weighted by Crippen LogP contribution is 2.36. The first-order valence-corrected chi connectivity index (χ1v) is 5.78. The number of carbonyl (C=O) groups excluding carboxylic acids is 1. The maximum atomic E-state index is 11.3. The molecule has 0 radical (unpaired) electrons. The van der Waals surface area contributed by atoms with Crippen molar-refractivity contribution in [3.63, 3.8) is 0 Å². The van der Waals surface area contributed by atoms with Crippen molar-refractivity contribution in [3.8, 4) is 0 Å². The first kappa shape index (κ1) is 13.4. The van der Waals surface area contributed by atoms with Crippen molar-refractivity contribution >= 4 is 17.3 Å². The first-order valence-electron chi connectivity index (χ1n) is 5.78. The number of hydrogen-bond acceptors (Lipinski definition) is 3. The molecule has 94 valence electrons. The Kier molecular flexibility index (Phi) is 3.66. The molecule has 0 fully saturated rings. The van der Waals surface area contributed by atoms with Gasteiger partial charge < -0.3 is 17.2 Å². The maximum Gasteiger partial charge on any atom is 0.250 e. The molecule has 4 nitrogen and oxygen atoms in total. The number of nitrogens with two attached hydrogens (primary N) is 3. The van der Waals surface area contributed by atoms with E-state index in [0.29, 0.717) is 16.9 Å². The van der Waals surface area contributed by atoms with E-state index in [1.54, 1.807) is 6.07 Å². The largest absolute Gasteiger partial charge is 0.397 e. The molecule has 0 unspecified atom stereocenters. The quantitative estimate of drug-likeness (QED) is 0.701. The predicted molar refractivity (Wildman–Crippen MR) is 72.0 cm³/mol. The molecule has 0 saturated heterocycles. The molecular weight excluding hydrogens is 214 g/mol. The fourth-order valence-corrected chi connectivity index (χ4v) is 2.08. The van der Waals surface area contributed by atoms with Crippen molar-refractivity contribution in [1.29, 1.82) is 0 Å². The molecule has 0 aliphatic carbocycles. The van der Waals surface area contributed by atoms with E-state index in [9.17, 15) is 4.79 Å². The molecule has 17 heavy (non-hydrogen) atoms. The van der Waals surface area contributed by atoms with Crippen LogP contribution in [0.4, 0.5) is 11.4 Å². The lowest BCUT2D eigenvalue weighted by atomic mass is 9.86. The maximum absolute atomic E-state index is 11.3. The summed E-state index contributed by atoms with van der Waals surface area (Å²) in [5, 5.41) is 0. The van der Waals surface area contributed by atoms with Gasteiger partial charge >= 0.3 is 0 Å². The second-order valence-corrected chi connectivity index (χ2v) is 4.93. The van der Waals surface area contributed by atoms with E-state index in [1.807, 2.05) is 0 Å². The summed E-state index contributed by atoms with van der Waals surface area (Å²) in [5.41, 5.74) is 20.4. The van der Waals surface area contributed by atoms with Gasteiger partial charge in [0.2, 0.25) is 0 Å². The molecule has 0 bridgehead atoms. The highest BCUT2D eigenvalue weighted by molar-refractivity contribution is 6.01. The molecule has 6 N–H and O–H groups in total. The molecule has 0 aliphatic rings. The minimum Gasteiger partial charge on any atom is -0.397 e. The van der Waals surface area contributed by atoms with Crippen LogP contribution in [0.1, 0.15) is 61.0 Å². The van der Waals surface area contributed by atoms with Crippen LogP contribution in [0.5, 0.6) is 0 Å². The number of anilines is 2. The Morgan fingerprint density at radius 2 is 1.59 bits per heavy atom. The number of hydrogen-bond donors (Lipinski definition) is 3. The average molecular weight is 235 g/mol. The number of primary amides is 1. The topological polar surface area (TPSA) is 95.1 Å². The van der Waals surface area contributed by atoms with Crippen LogP contribution in [-0.4, -0.2) is 5.91 Å². The van der Waals surface area contributed by atoms with E-state index in [1.165, 1.54) is 0 Å². The molecule has 0 aromatic heterocycles. The second kappa shape index (κ2) is 4.65. The van der Waals surface area contributed by atoms with Crippen molar-refractivity contribution in [2.45, 2.75) is 39.5 Å². The third-order valence-corrected chi connectivity index (χ3v) is 2.95. The molecule has 0 spiro atoms. The third-order valence-electron chi connectivity index (χ3n) is 2.95. The number of amides is 1. The first-order chi connectivity index (χ1) is 7.77. The summed E-state index contributed by atoms with van der Waals surface area (Å²) < 4.78 is 0. The van der Waals surface area contributed by atoms with Crippen LogP contribution in [0.3, 0.4) is 0 Å². The van der Waals surface area contributed by atoms with Crippen molar-refractivity contribution in [3.05, 3.63) is 22.8 Å². The molecule has 0 saturated carbocycles. The van der Waals surface area contributed by atoms with E-state index >= 15 is 0 Å². The van der Waals surface area contributed by atoms with E-state index in [2.05, 4.69) is 27.7 Å². The van der Waals surface area contributed by atoms with Gasteiger partial charge in [-0.2, -0.15) is 0 Å². The zero-order valence-corrected chi connectivity index (χ0v) is 10.9. The number of carbonyl (C=O) groups is 1. The molecule has 1 amide bonds. The van der Waals surface area contributed by atoms with Crippen LogP contribution in [-0.2, 0) is 0 Å². The fraction of sp³-hybridized carbons (Fsp3) is 0.462. The molecular formula is C13H21N3O. The van der Waals surface area contributed by atoms with Crippen molar-refractivity contribution < 1.29 is 4.79 Å². The predicted octanol–water partition coefficient (Wildman–Crippen LogP) is 2.20. The van der Waals surface area contributed by atoms with Gasteiger partial charge in [-0.1, -0.05) is 27.7 Å². The third kappa shape index (κ3) is 2.35. The monoisotopic (exact) mass is 235 g/mol. The molecule has 0 atom stereocenters. The Morgan fingerprint density at radius 1 is 1.06 bits per heavy atom. The summed E-state index contributed by atoms with van der Waals surface area (Å²) in [6.45, 7) is 8.23. The van der Waals surface area contributed by atoms with E-state index < -0.39 is 5.91 Å². The van der Waals surface area contributed by atoms with Crippen LogP contribution in [0, 0.1) is 0 Å². The van der Waals surface area contributed by atoms with Gasteiger partial charge in [0.15, 0.2) is 0 Å². The van der Waals surface area contributed by atoms with Gasteiger partial charge in [-0.05, 0) is 29.0 Å². The smallest absolute Gasteiger partial charge is 0.250 e. The number of nitrogen functional groups attached to an aromatic ring is 2. The minimum absolute atomic E-state index is 0.261. The normalized spacial score (nSPS) is 11.2. The SMILES string of the molecule is CC(C)c1cc(C(N)=O)c(N)c(N)c1C(C)C. The van der Waals surface area contributed by atoms with Crippen LogP contribution < -0.4 is 17.2 Å². The summed E-state index contributed by atoms with van der Waals surface area (Å²) in [4.78, 5) is 11.3. The van der Waals surface area contributed by atoms with Crippen LogP contribution in [0.25, 0.3) is 0 Å². The van der Waals surface area contributed by atoms with E-state index in [4.69, 9.17) is 17.2 Å². The van der Waals surface area contributed by atoms with Crippen molar-refractivity contribution in [2.75, 3.05) is 11.5 Å². The molecule has 4 heteroatoms. The summed E-state index contributed by atoms with van der Waals surface area (Å²) in [7, 11) is 0. The van der Waals surface area contributed by atoms with Crippen LogP contribution >= 0.6 is 0 Å². The van der Waals surface area contributed by atoms with Gasteiger partial charge in [-0.25, -0.2) is 0 Å². The van der Waals surface area contributed by atoms with Gasteiger partial charge in [-0.15, -0.1) is 0 Å². The number of benzene rings is 1. The molecule has 1 rings (SSSR count). The Labute approximate surface area is 102 Å². The Hall–Kier alpha value is -1.71. The van der Waals surface area contributed by atoms with Gasteiger partial charge in [0, 0.05) is 0 Å². The summed E-state index contributed by atoms with van der Waals surface area (Å²) in [6.07, 6.45) is 0. The standard InChI is InChI=1S/C13H21N3O/c1-6(2)8-5-9(13(16)17)11(14)12(15)10(8)7(3)4/h5-7H,14-15H2,1-4H3,(H2,16,17). The number of rotatable bonds is 3. The van der Waals surface area contributed by atoms with Gasteiger partial charge in [0.05, 0.1) is 16.9 Å². The highest BCUT2D eigenvalue weighted by Gasteiger charge is 2.20. The van der Waals surface area contributed by atoms with Gasteiger partial charge in [0.1, 0.15) is 0 Å². The molecule has 1 aromatic carbocycles. The zero-order chi connectivity index (χ0) is 13.3. The zero-order valence-electron chi connectivity index (χ0n) is 10.9. The molecule has 1 aromatic rings. The van der Waals surface area contributed by atoms with Crippen LogP contribution in [0.15, 0.2) is 6.07 Å². The minimum atomic E-state index is -0.536. The Balaban J connectivity index is 3.62. The summed E-state index contributed by atoms with van der Waals surface area (Å²) >= 11 is 0. The second-order valence-electron chi connectivity index (χ2n) is 4.93. The highest BCUT2D eigenvalue weighted by atomic mass is 16.1. The Bertz CT molecular complexity index is 450. The molecule has 0 aliphatic heterocycles. The lowest BCUT2D eigenvalue weighted by molar-refractivity contribution is 0.100. The summed E-state index contributed by atoms with van der Waals surface area (Å²) in [6, 6.07) is 1.77. The Morgan fingerprint density at radius 3 is 1.94 bits per heavy atom. The van der Waals surface area contributed by atoms with Gasteiger partial charge in [-0.3, -0.25) is 4.79 Å². The average Bonchev–Trinajstić information content (AvgIpc) is 2.19. The lowest BCUT2D eigenvalue weighted by Crippen LogP contribution is -2.17. The van der Waals surface area contributed by atoms with Crippen molar-refractivity contribution in [2.24, 2.45) is 5.73 Å². The van der Waals surface area contributed by atoms with E-state index in [-0.39, 0.29) is 11.8 Å².